The quantitative estimate of drug-likeness (QED) is 0.640. The first-order chi connectivity index (χ1) is 7.83. The molecule has 0 amide bonds. The number of benzene rings is 1. The molecule has 0 fully saturated rings. The molecule has 2 aromatic rings. The first kappa shape index (κ1) is 11.2. The maximum Gasteiger partial charge on any atom is 0.208 e. The zero-order chi connectivity index (χ0) is 11.4. The van der Waals surface area contributed by atoms with E-state index in [2.05, 4.69) is 53.3 Å². The summed E-state index contributed by atoms with van der Waals surface area (Å²) in [5, 5.41) is 4.41. The second-order valence-electron chi connectivity index (χ2n) is 3.78. The maximum absolute atomic E-state index is 4.41. The predicted molar refractivity (Wildman–Crippen MR) is 69.3 cm³/mol. The number of unbranched alkanes of at least 4 members (excludes halogenated alkanes) is 1. The number of aromatic nitrogens is 1. The molecule has 4 heteroatoms. The lowest BCUT2D eigenvalue weighted by molar-refractivity contribution is 0.648. The van der Waals surface area contributed by atoms with Crippen molar-refractivity contribution in [2.24, 2.45) is 12.1 Å². The molecule has 2 rings (SSSR count). The van der Waals surface area contributed by atoms with Crippen LogP contribution in [0.3, 0.4) is 0 Å². The van der Waals surface area contributed by atoms with Gasteiger partial charge in [-0.3, -0.25) is 0 Å². The Morgan fingerprint density at radius 2 is 2.19 bits per heavy atom. The summed E-state index contributed by atoms with van der Waals surface area (Å²) in [6.45, 7) is 3.13. The topological polar surface area (TPSA) is 29.3 Å². The van der Waals surface area contributed by atoms with Crippen LogP contribution in [0.15, 0.2) is 29.4 Å². The molecule has 0 bridgehead atoms. The average molecular weight is 235 g/mol. The second-order valence-corrected chi connectivity index (χ2v) is 4.79. The molecule has 1 N–H and O–H groups in total. The molecule has 3 nitrogen and oxygen atoms in total. The van der Waals surface area contributed by atoms with Crippen molar-refractivity contribution in [1.82, 2.24) is 9.99 Å². The van der Waals surface area contributed by atoms with Crippen LogP contribution in [0, 0.1) is 0 Å². The van der Waals surface area contributed by atoms with E-state index in [1.54, 1.807) is 11.3 Å². The fourth-order valence-corrected chi connectivity index (χ4v) is 2.57. The first-order valence-corrected chi connectivity index (χ1v) is 6.45. The van der Waals surface area contributed by atoms with E-state index in [9.17, 15) is 0 Å². The van der Waals surface area contributed by atoms with E-state index in [4.69, 9.17) is 0 Å². The molecule has 0 unspecified atom stereocenters. The minimum absolute atomic E-state index is 0.949. The third kappa shape index (κ3) is 2.27. The third-order valence-corrected chi connectivity index (χ3v) is 3.64. The zero-order valence-electron chi connectivity index (χ0n) is 9.73. The van der Waals surface area contributed by atoms with Crippen molar-refractivity contribution in [3.8, 4) is 0 Å². The summed E-state index contributed by atoms with van der Waals surface area (Å²) in [7, 11) is 2.05. The van der Waals surface area contributed by atoms with Crippen molar-refractivity contribution in [1.29, 1.82) is 0 Å². The van der Waals surface area contributed by atoms with E-state index < -0.39 is 0 Å². The molecular weight excluding hydrogens is 218 g/mol. The van der Waals surface area contributed by atoms with Gasteiger partial charge >= 0.3 is 0 Å². The molecule has 0 spiro atoms. The number of aryl methyl sites for hydroxylation is 1. The zero-order valence-corrected chi connectivity index (χ0v) is 10.5. The van der Waals surface area contributed by atoms with Gasteiger partial charge in [0.1, 0.15) is 0 Å². The van der Waals surface area contributed by atoms with Gasteiger partial charge < -0.3 is 9.99 Å². The summed E-state index contributed by atoms with van der Waals surface area (Å²) in [6, 6.07) is 8.37. The Morgan fingerprint density at radius 3 is 2.94 bits per heavy atom. The van der Waals surface area contributed by atoms with E-state index in [-0.39, 0.29) is 0 Å². The van der Waals surface area contributed by atoms with Gasteiger partial charge in [-0.25, -0.2) is 0 Å². The van der Waals surface area contributed by atoms with Gasteiger partial charge in [0, 0.05) is 13.6 Å². The number of fused-ring (bicyclic) bond motifs is 1. The minimum atomic E-state index is 0.949. The lowest BCUT2D eigenvalue weighted by Gasteiger charge is -1.97. The van der Waals surface area contributed by atoms with Crippen LogP contribution >= 0.6 is 11.3 Å². The Kier molecular flexibility index (Phi) is 3.62. The van der Waals surface area contributed by atoms with Crippen LogP contribution in [0.5, 0.6) is 0 Å². The Morgan fingerprint density at radius 1 is 1.38 bits per heavy atom. The molecule has 86 valence electrons. The van der Waals surface area contributed by atoms with Crippen molar-refractivity contribution in [2.75, 3.05) is 6.54 Å². The summed E-state index contributed by atoms with van der Waals surface area (Å²) in [6.07, 6.45) is 2.36. The molecule has 0 radical (unpaired) electrons. The normalized spacial score (nSPS) is 12.2. The van der Waals surface area contributed by atoms with Crippen LogP contribution in [0.4, 0.5) is 0 Å². The molecule has 0 aliphatic heterocycles. The lowest BCUT2D eigenvalue weighted by atomic mass is 10.3. The van der Waals surface area contributed by atoms with Crippen LogP contribution in [0.25, 0.3) is 10.2 Å². The number of nitrogens with one attached hydrogen (secondary N) is 1. The maximum atomic E-state index is 4.41. The van der Waals surface area contributed by atoms with E-state index in [0.717, 1.165) is 17.8 Å². The Bertz CT molecular complexity index is 524. The van der Waals surface area contributed by atoms with Crippen LogP contribution in [-0.4, -0.2) is 11.1 Å². The molecular formula is C12H17N3S. The number of para-hydroxylation sites is 1. The van der Waals surface area contributed by atoms with Crippen molar-refractivity contribution in [3.63, 3.8) is 0 Å². The van der Waals surface area contributed by atoms with Crippen LogP contribution in [0.2, 0.25) is 0 Å². The van der Waals surface area contributed by atoms with Crippen molar-refractivity contribution in [2.45, 2.75) is 19.8 Å². The SMILES string of the molecule is CCCCNN=c1sc2ccccc2n1C. The van der Waals surface area contributed by atoms with E-state index in [1.165, 1.54) is 16.6 Å². The van der Waals surface area contributed by atoms with Gasteiger partial charge in [0.25, 0.3) is 0 Å². The molecule has 0 aliphatic carbocycles. The Hall–Kier alpha value is -1.29. The summed E-state index contributed by atoms with van der Waals surface area (Å²) < 4.78 is 3.40. The van der Waals surface area contributed by atoms with Crippen molar-refractivity contribution >= 4 is 21.6 Å². The summed E-state index contributed by atoms with van der Waals surface area (Å²) in [4.78, 5) is 1.03. The standard InChI is InChI=1S/C12H17N3S/c1-3-4-9-13-14-12-15(2)10-7-5-6-8-11(10)16-12/h5-8,13H,3-4,9H2,1-2H3. The number of hydrogen-bond donors (Lipinski definition) is 1. The highest BCUT2D eigenvalue weighted by atomic mass is 32.1. The number of rotatable bonds is 4. The number of hydrogen-bond acceptors (Lipinski definition) is 3. The number of nitrogens with zero attached hydrogens (tertiary/aromatic N) is 2. The minimum Gasteiger partial charge on any atom is -0.318 e. The van der Waals surface area contributed by atoms with Gasteiger partial charge in [-0.2, -0.15) is 5.10 Å². The molecule has 16 heavy (non-hydrogen) atoms. The summed E-state index contributed by atoms with van der Waals surface area (Å²) >= 11 is 1.72. The van der Waals surface area contributed by atoms with Gasteiger partial charge in [0.2, 0.25) is 4.80 Å². The van der Waals surface area contributed by atoms with E-state index in [0.29, 0.717) is 0 Å². The molecule has 1 aromatic heterocycles. The van der Waals surface area contributed by atoms with E-state index in [1.807, 2.05) is 0 Å². The Labute approximate surface area is 99.4 Å². The molecule has 0 aliphatic rings. The summed E-state index contributed by atoms with van der Waals surface area (Å²) in [5.41, 5.74) is 4.36. The van der Waals surface area contributed by atoms with E-state index >= 15 is 0 Å². The van der Waals surface area contributed by atoms with Gasteiger partial charge in [-0.05, 0) is 18.6 Å². The van der Waals surface area contributed by atoms with Gasteiger partial charge in [0.05, 0.1) is 10.2 Å². The van der Waals surface area contributed by atoms with Crippen LogP contribution in [-0.2, 0) is 7.05 Å². The largest absolute Gasteiger partial charge is 0.318 e. The van der Waals surface area contributed by atoms with Crippen LogP contribution < -0.4 is 10.2 Å². The predicted octanol–water partition coefficient (Wildman–Crippen LogP) is 2.45. The second kappa shape index (κ2) is 5.16. The fourth-order valence-electron chi connectivity index (χ4n) is 1.57. The lowest BCUT2D eigenvalue weighted by Crippen LogP contribution is -2.17. The third-order valence-electron chi connectivity index (χ3n) is 2.53. The molecule has 0 saturated heterocycles. The molecule has 1 aromatic carbocycles. The number of thiazole rings is 1. The highest BCUT2D eigenvalue weighted by Gasteiger charge is 2.00. The van der Waals surface area contributed by atoms with Crippen molar-refractivity contribution < 1.29 is 0 Å². The monoisotopic (exact) mass is 235 g/mol. The Balaban J connectivity index is 2.27. The van der Waals surface area contributed by atoms with Crippen LogP contribution in [0.1, 0.15) is 19.8 Å². The first-order valence-electron chi connectivity index (χ1n) is 5.64. The molecule has 0 atom stereocenters. The fraction of sp³-hybridized carbons (Fsp3) is 0.417. The van der Waals surface area contributed by atoms with Crippen molar-refractivity contribution in [3.05, 3.63) is 29.1 Å². The summed E-state index contributed by atoms with van der Waals surface area (Å²) in [5.74, 6) is 0. The molecule has 0 saturated carbocycles. The van der Waals surface area contributed by atoms with Gasteiger partial charge in [-0.1, -0.05) is 36.8 Å². The highest BCUT2D eigenvalue weighted by molar-refractivity contribution is 7.16. The van der Waals surface area contributed by atoms with Gasteiger partial charge in [0.15, 0.2) is 0 Å². The highest BCUT2D eigenvalue weighted by Crippen LogP contribution is 2.14. The average Bonchev–Trinajstić information content (AvgIpc) is 2.63. The van der Waals surface area contributed by atoms with Gasteiger partial charge in [-0.15, -0.1) is 0 Å². The molecule has 1 heterocycles. The smallest absolute Gasteiger partial charge is 0.208 e.